The fourth-order valence-electron chi connectivity index (χ4n) is 3.34. The first-order chi connectivity index (χ1) is 14.2. The molecule has 0 aromatic heterocycles. The maximum atomic E-state index is 12.4. The Hall–Kier alpha value is -2.87. The van der Waals surface area contributed by atoms with E-state index in [9.17, 15) is 18.0 Å². The molecule has 1 aliphatic heterocycles. The van der Waals surface area contributed by atoms with Crippen LogP contribution in [0.25, 0.3) is 0 Å². The number of rotatable bonds is 7. The summed E-state index contributed by atoms with van der Waals surface area (Å²) in [4.78, 5) is 26.4. The second-order valence-electron chi connectivity index (χ2n) is 7.50. The van der Waals surface area contributed by atoms with Crippen molar-refractivity contribution in [3.8, 4) is 5.75 Å². The van der Waals surface area contributed by atoms with Crippen LogP contribution < -0.4 is 15.0 Å². The number of carbonyl (C=O) groups is 2. The molecule has 1 N–H and O–H groups in total. The summed E-state index contributed by atoms with van der Waals surface area (Å²) in [5.74, 6) is 0.348. The SMILES string of the molecule is COc1cc(NC(=O)Cc2ccc(S(=O)(=O)C(C)C)cc2)ccc1N1CCCC1=O. The van der Waals surface area contributed by atoms with E-state index in [0.29, 0.717) is 35.7 Å². The number of hydrogen-bond donors (Lipinski definition) is 1. The summed E-state index contributed by atoms with van der Waals surface area (Å²) in [6, 6.07) is 11.6. The number of hydrogen-bond acceptors (Lipinski definition) is 5. The molecular weight excluding hydrogens is 404 g/mol. The third kappa shape index (κ3) is 4.64. The van der Waals surface area contributed by atoms with Gasteiger partial charge in [0.2, 0.25) is 11.8 Å². The van der Waals surface area contributed by atoms with Gasteiger partial charge in [0.25, 0.3) is 0 Å². The van der Waals surface area contributed by atoms with Gasteiger partial charge in [-0.2, -0.15) is 0 Å². The van der Waals surface area contributed by atoms with E-state index in [1.165, 1.54) is 19.2 Å². The lowest BCUT2D eigenvalue weighted by Gasteiger charge is -2.19. The zero-order valence-electron chi connectivity index (χ0n) is 17.3. The van der Waals surface area contributed by atoms with Gasteiger partial charge in [0, 0.05) is 24.7 Å². The number of sulfone groups is 1. The van der Waals surface area contributed by atoms with Gasteiger partial charge in [-0.15, -0.1) is 0 Å². The number of benzene rings is 2. The lowest BCUT2D eigenvalue weighted by atomic mass is 10.1. The average molecular weight is 431 g/mol. The zero-order valence-corrected chi connectivity index (χ0v) is 18.2. The van der Waals surface area contributed by atoms with Crippen LogP contribution in [-0.4, -0.2) is 39.1 Å². The summed E-state index contributed by atoms with van der Waals surface area (Å²) in [6.07, 6.45) is 1.45. The summed E-state index contributed by atoms with van der Waals surface area (Å²) < 4.78 is 29.8. The predicted molar refractivity (Wildman–Crippen MR) is 116 cm³/mol. The van der Waals surface area contributed by atoms with Crippen molar-refractivity contribution in [3.63, 3.8) is 0 Å². The molecule has 0 radical (unpaired) electrons. The second kappa shape index (κ2) is 8.87. The van der Waals surface area contributed by atoms with Crippen LogP contribution in [-0.2, 0) is 25.8 Å². The number of anilines is 2. The molecule has 160 valence electrons. The molecule has 2 amide bonds. The molecular formula is C22H26N2O5S. The summed E-state index contributed by atoms with van der Waals surface area (Å²) in [5.41, 5.74) is 1.97. The Morgan fingerprint density at radius 2 is 1.87 bits per heavy atom. The van der Waals surface area contributed by atoms with Gasteiger partial charge in [0.05, 0.1) is 29.4 Å². The second-order valence-corrected chi connectivity index (χ2v) is 10.0. The average Bonchev–Trinajstić information content (AvgIpc) is 3.13. The Bertz CT molecular complexity index is 1050. The van der Waals surface area contributed by atoms with Gasteiger partial charge in [-0.1, -0.05) is 12.1 Å². The van der Waals surface area contributed by atoms with Crippen LogP contribution >= 0.6 is 0 Å². The fourth-order valence-corrected chi connectivity index (χ4v) is 4.40. The molecule has 1 heterocycles. The standard InChI is InChI=1S/C22H26N2O5S/c1-15(2)30(27,28)18-9-6-16(7-10-18)13-21(25)23-17-8-11-19(20(14-17)29-3)24-12-4-5-22(24)26/h6-11,14-15H,4-5,12-13H2,1-3H3,(H,23,25). The summed E-state index contributed by atoms with van der Waals surface area (Å²) in [7, 11) is -1.81. The van der Waals surface area contributed by atoms with E-state index in [2.05, 4.69) is 5.32 Å². The first-order valence-corrected chi connectivity index (χ1v) is 11.4. The Balaban J connectivity index is 1.68. The number of ether oxygens (including phenoxy) is 1. The highest BCUT2D eigenvalue weighted by Gasteiger charge is 2.24. The van der Waals surface area contributed by atoms with E-state index < -0.39 is 15.1 Å². The van der Waals surface area contributed by atoms with Gasteiger partial charge in [0.1, 0.15) is 5.75 Å². The van der Waals surface area contributed by atoms with Crippen molar-refractivity contribution in [1.29, 1.82) is 0 Å². The van der Waals surface area contributed by atoms with Crippen LogP contribution in [0.3, 0.4) is 0 Å². The quantitative estimate of drug-likeness (QED) is 0.728. The monoisotopic (exact) mass is 430 g/mol. The van der Waals surface area contributed by atoms with Crippen LogP contribution in [0, 0.1) is 0 Å². The molecule has 0 atom stereocenters. The molecule has 0 aliphatic carbocycles. The molecule has 1 fully saturated rings. The first kappa shape index (κ1) is 21.8. The van der Waals surface area contributed by atoms with Crippen molar-refractivity contribution in [3.05, 3.63) is 48.0 Å². The van der Waals surface area contributed by atoms with Crippen molar-refractivity contribution in [2.24, 2.45) is 0 Å². The molecule has 8 heteroatoms. The highest BCUT2D eigenvalue weighted by molar-refractivity contribution is 7.92. The molecule has 1 aliphatic rings. The van der Waals surface area contributed by atoms with E-state index in [-0.39, 0.29) is 23.1 Å². The number of methoxy groups -OCH3 is 1. The van der Waals surface area contributed by atoms with E-state index in [4.69, 9.17) is 4.74 Å². The normalized spacial score (nSPS) is 14.3. The minimum absolute atomic E-state index is 0.0630. The van der Waals surface area contributed by atoms with Crippen LogP contribution in [0.5, 0.6) is 5.75 Å². The third-order valence-electron chi connectivity index (χ3n) is 5.06. The maximum Gasteiger partial charge on any atom is 0.228 e. The van der Waals surface area contributed by atoms with Gasteiger partial charge in [-0.3, -0.25) is 9.59 Å². The first-order valence-electron chi connectivity index (χ1n) is 9.83. The molecule has 2 aromatic rings. The van der Waals surface area contributed by atoms with E-state index >= 15 is 0 Å². The molecule has 0 spiro atoms. The molecule has 0 bridgehead atoms. The largest absolute Gasteiger partial charge is 0.494 e. The number of nitrogens with zero attached hydrogens (tertiary/aromatic N) is 1. The van der Waals surface area contributed by atoms with Gasteiger partial charge in [-0.05, 0) is 50.1 Å². The minimum atomic E-state index is -3.34. The summed E-state index contributed by atoms with van der Waals surface area (Å²) in [5, 5.41) is 2.32. The lowest BCUT2D eigenvalue weighted by molar-refractivity contribution is -0.117. The molecule has 7 nitrogen and oxygen atoms in total. The fraction of sp³-hybridized carbons (Fsp3) is 0.364. The van der Waals surface area contributed by atoms with Crippen LogP contribution in [0.2, 0.25) is 0 Å². The highest BCUT2D eigenvalue weighted by atomic mass is 32.2. The van der Waals surface area contributed by atoms with Crippen molar-refractivity contribution in [1.82, 2.24) is 0 Å². The van der Waals surface area contributed by atoms with Crippen LogP contribution in [0.4, 0.5) is 11.4 Å². The van der Waals surface area contributed by atoms with Gasteiger partial charge in [-0.25, -0.2) is 8.42 Å². The van der Waals surface area contributed by atoms with Crippen molar-refractivity contribution in [2.45, 2.75) is 43.3 Å². The lowest BCUT2D eigenvalue weighted by Crippen LogP contribution is -2.24. The van der Waals surface area contributed by atoms with Crippen LogP contribution in [0.15, 0.2) is 47.4 Å². The maximum absolute atomic E-state index is 12.4. The third-order valence-corrected chi connectivity index (χ3v) is 7.24. The van der Waals surface area contributed by atoms with Crippen molar-refractivity contribution < 1.29 is 22.7 Å². The van der Waals surface area contributed by atoms with E-state index in [0.717, 1.165) is 6.42 Å². The van der Waals surface area contributed by atoms with Crippen LogP contribution in [0.1, 0.15) is 32.3 Å². The molecule has 1 saturated heterocycles. The minimum Gasteiger partial charge on any atom is -0.494 e. The Morgan fingerprint density at radius 1 is 1.17 bits per heavy atom. The molecule has 3 rings (SSSR count). The molecule has 2 aromatic carbocycles. The topological polar surface area (TPSA) is 92.8 Å². The zero-order chi connectivity index (χ0) is 21.9. The summed E-state index contributed by atoms with van der Waals surface area (Å²) >= 11 is 0. The molecule has 0 saturated carbocycles. The number of amides is 2. The van der Waals surface area contributed by atoms with Gasteiger partial charge >= 0.3 is 0 Å². The van der Waals surface area contributed by atoms with Gasteiger partial charge < -0.3 is 15.0 Å². The Kier molecular flexibility index (Phi) is 6.45. The predicted octanol–water partition coefficient (Wildman–Crippen LogP) is 3.19. The number of carbonyl (C=O) groups excluding carboxylic acids is 2. The molecule has 0 unspecified atom stereocenters. The Labute approximate surface area is 177 Å². The van der Waals surface area contributed by atoms with Crippen molar-refractivity contribution in [2.75, 3.05) is 23.9 Å². The van der Waals surface area contributed by atoms with Gasteiger partial charge in [0.15, 0.2) is 9.84 Å². The number of nitrogens with one attached hydrogen (secondary N) is 1. The smallest absolute Gasteiger partial charge is 0.228 e. The van der Waals surface area contributed by atoms with E-state index in [1.807, 2.05) is 0 Å². The Morgan fingerprint density at radius 3 is 2.43 bits per heavy atom. The highest BCUT2D eigenvalue weighted by Crippen LogP contribution is 2.33. The van der Waals surface area contributed by atoms with Crippen molar-refractivity contribution >= 4 is 33.0 Å². The molecule has 30 heavy (non-hydrogen) atoms. The van der Waals surface area contributed by atoms with E-state index in [1.54, 1.807) is 49.1 Å². The summed E-state index contributed by atoms with van der Waals surface area (Å²) in [6.45, 7) is 3.93.